The van der Waals surface area contributed by atoms with Gasteiger partial charge in [0.25, 0.3) is 0 Å². The molecule has 0 fully saturated rings. The number of benzene rings is 3. The normalized spacial score (nSPS) is 10.2. The van der Waals surface area contributed by atoms with Crippen LogP contribution in [0.2, 0.25) is 0 Å². The summed E-state index contributed by atoms with van der Waals surface area (Å²) < 4.78 is 13.7. The Bertz CT molecular complexity index is 1060. The predicted octanol–water partition coefficient (Wildman–Crippen LogP) is 5.88. The lowest BCUT2D eigenvalue weighted by atomic mass is 10.1. The van der Waals surface area contributed by atoms with Gasteiger partial charge >= 0.3 is 5.97 Å². The van der Waals surface area contributed by atoms with Gasteiger partial charge in [-0.1, -0.05) is 49.5 Å². The Kier molecular flexibility index (Phi) is 7.24. The quantitative estimate of drug-likeness (QED) is 0.486. The third-order valence-corrected chi connectivity index (χ3v) is 4.77. The maximum absolute atomic E-state index is 13.7. The van der Waals surface area contributed by atoms with Crippen molar-refractivity contribution in [2.45, 2.75) is 32.7 Å². The number of aryl methyl sites for hydroxylation is 1. The zero-order chi connectivity index (χ0) is 21.3. The van der Waals surface area contributed by atoms with Crippen LogP contribution < -0.4 is 5.32 Å². The summed E-state index contributed by atoms with van der Waals surface area (Å²) >= 11 is 0. The number of nitrogens with one attached hydrogen (secondary N) is 1. The minimum absolute atomic E-state index is 0.334. The Morgan fingerprint density at radius 1 is 0.933 bits per heavy atom. The molecule has 3 rings (SSSR count). The lowest BCUT2D eigenvalue weighted by molar-refractivity contribution is 0.0692. The van der Waals surface area contributed by atoms with E-state index in [0.717, 1.165) is 23.1 Å². The fraction of sp³-hybridized carbons (Fsp3) is 0.192. The highest BCUT2D eigenvalue weighted by Gasteiger charge is 2.10. The average Bonchev–Trinajstić information content (AvgIpc) is 2.76. The van der Waals surface area contributed by atoms with Crippen LogP contribution in [-0.2, 0) is 13.0 Å². The third kappa shape index (κ3) is 5.96. The first-order chi connectivity index (χ1) is 14.5. The smallest absolute Gasteiger partial charge is 0.338 e. The van der Waals surface area contributed by atoms with Crippen LogP contribution in [0.15, 0.2) is 66.7 Å². The van der Waals surface area contributed by atoms with Gasteiger partial charge in [0.1, 0.15) is 5.82 Å². The number of carbonyl (C=O) groups is 1. The van der Waals surface area contributed by atoms with Crippen LogP contribution in [0.5, 0.6) is 0 Å². The molecular formula is C26H24FNO2. The van der Waals surface area contributed by atoms with E-state index in [1.54, 1.807) is 6.07 Å². The first kappa shape index (κ1) is 21.1. The summed E-state index contributed by atoms with van der Waals surface area (Å²) in [6, 6.07) is 20.2. The maximum atomic E-state index is 13.7. The summed E-state index contributed by atoms with van der Waals surface area (Å²) in [5.41, 5.74) is 4.47. The second-order valence-corrected chi connectivity index (χ2v) is 7.10. The number of carboxylic acid groups (broad SMARTS) is 1. The van der Waals surface area contributed by atoms with E-state index >= 15 is 0 Å². The molecule has 0 aliphatic heterocycles. The SMILES string of the molecule is CCCCc1ccc(C#Cc2ccc(CNc3ccc(C(=O)O)c(F)c3)cc2)cc1. The van der Waals surface area contributed by atoms with Crippen molar-refractivity contribution in [1.82, 2.24) is 0 Å². The molecule has 0 radical (unpaired) electrons. The van der Waals surface area contributed by atoms with E-state index in [-0.39, 0.29) is 5.56 Å². The number of unbranched alkanes of at least 4 members (excludes halogenated alkanes) is 1. The molecule has 0 amide bonds. The molecule has 4 heteroatoms. The molecule has 0 unspecified atom stereocenters. The molecule has 0 heterocycles. The van der Waals surface area contributed by atoms with Crippen LogP contribution in [0.25, 0.3) is 0 Å². The van der Waals surface area contributed by atoms with E-state index in [9.17, 15) is 9.18 Å². The van der Waals surface area contributed by atoms with Crippen molar-refractivity contribution in [2.75, 3.05) is 5.32 Å². The second kappa shape index (κ2) is 10.3. The van der Waals surface area contributed by atoms with Crippen molar-refractivity contribution < 1.29 is 14.3 Å². The topological polar surface area (TPSA) is 49.3 Å². The van der Waals surface area contributed by atoms with Crippen molar-refractivity contribution in [1.29, 1.82) is 0 Å². The van der Waals surface area contributed by atoms with Crippen LogP contribution in [0, 0.1) is 17.7 Å². The Morgan fingerprint density at radius 3 is 2.07 bits per heavy atom. The molecule has 0 spiro atoms. The van der Waals surface area contributed by atoms with Crippen LogP contribution in [-0.4, -0.2) is 11.1 Å². The summed E-state index contributed by atoms with van der Waals surface area (Å²) in [5.74, 6) is 4.33. The van der Waals surface area contributed by atoms with Gasteiger partial charge in [0.2, 0.25) is 0 Å². The molecule has 0 aliphatic carbocycles. The lowest BCUT2D eigenvalue weighted by Crippen LogP contribution is -2.03. The van der Waals surface area contributed by atoms with Gasteiger partial charge in [-0.05, 0) is 66.4 Å². The standard InChI is InChI=1S/C26H24FNO2/c1-2-3-4-19-5-7-20(8-6-19)9-10-21-11-13-22(14-12-21)18-28-23-15-16-24(26(29)30)25(27)17-23/h5-8,11-17,28H,2-4,18H2,1H3,(H,29,30). The maximum Gasteiger partial charge on any atom is 0.338 e. The fourth-order valence-electron chi connectivity index (χ4n) is 2.99. The summed E-state index contributed by atoms with van der Waals surface area (Å²) in [6.45, 7) is 2.69. The zero-order valence-electron chi connectivity index (χ0n) is 16.9. The first-order valence-electron chi connectivity index (χ1n) is 10.0. The van der Waals surface area contributed by atoms with E-state index in [4.69, 9.17) is 5.11 Å². The van der Waals surface area contributed by atoms with E-state index in [2.05, 4.69) is 48.3 Å². The van der Waals surface area contributed by atoms with Gasteiger partial charge in [0, 0.05) is 23.4 Å². The highest BCUT2D eigenvalue weighted by atomic mass is 19.1. The van der Waals surface area contributed by atoms with Crippen LogP contribution in [0.1, 0.15) is 52.4 Å². The average molecular weight is 401 g/mol. The molecule has 0 aromatic heterocycles. The number of halogens is 1. The number of rotatable bonds is 7. The molecular weight excluding hydrogens is 377 g/mol. The van der Waals surface area contributed by atoms with Crippen molar-refractivity contribution in [2.24, 2.45) is 0 Å². The van der Waals surface area contributed by atoms with E-state index in [0.29, 0.717) is 12.2 Å². The van der Waals surface area contributed by atoms with Crippen LogP contribution in [0.4, 0.5) is 10.1 Å². The minimum Gasteiger partial charge on any atom is -0.478 e. The summed E-state index contributed by atoms with van der Waals surface area (Å²) in [4.78, 5) is 10.9. The number of anilines is 1. The van der Waals surface area contributed by atoms with Crippen molar-refractivity contribution in [3.8, 4) is 11.8 Å². The Hall–Kier alpha value is -3.58. The second-order valence-electron chi connectivity index (χ2n) is 7.10. The Labute approximate surface area is 176 Å². The summed E-state index contributed by atoms with van der Waals surface area (Å²) in [5, 5.41) is 12.0. The third-order valence-electron chi connectivity index (χ3n) is 4.77. The molecule has 30 heavy (non-hydrogen) atoms. The zero-order valence-corrected chi connectivity index (χ0v) is 16.9. The summed E-state index contributed by atoms with van der Waals surface area (Å²) in [6.07, 6.45) is 3.51. The Morgan fingerprint density at radius 2 is 1.53 bits per heavy atom. The summed E-state index contributed by atoms with van der Waals surface area (Å²) in [7, 11) is 0. The minimum atomic E-state index is -1.27. The monoisotopic (exact) mass is 401 g/mol. The van der Waals surface area contributed by atoms with Gasteiger partial charge in [-0.15, -0.1) is 0 Å². The number of carboxylic acids is 1. The largest absolute Gasteiger partial charge is 0.478 e. The van der Waals surface area contributed by atoms with Crippen LogP contribution >= 0.6 is 0 Å². The van der Waals surface area contributed by atoms with Gasteiger partial charge in [0.05, 0.1) is 5.56 Å². The molecule has 0 bridgehead atoms. The number of aromatic carboxylic acids is 1. The van der Waals surface area contributed by atoms with E-state index in [1.165, 1.54) is 30.5 Å². The molecule has 0 aliphatic rings. The number of hydrogen-bond donors (Lipinski definition) is 2. The van der Waals surface area contributed by atoms with Crippen molar-refractivity contribution in [3.63, 3.8) is 0 Å². The molecule has 3 nitrogen and oxygen atoms in total. The highest BCUT2D eigenvalue weighted by Crippen LogP contribution is 2.16. The lowest BCUT2D eigenvalue weighted by Gasteiger charge is -2.08. The molecule has 3 aromatic rings. The van der Waals surface area contributed by atoms with Gasteiger partial charge in [0.15, 0.2) is 0 Å². The molecule has 152 valence electrons. The first-order valence-corrected chi connectivity index (χ1v) is 10.0. The van der Waals surface area contributed by atoms with Crippen molar-refractivity contribution in [3.05, 3.63) is 100 Å². The molecule has 0 atom stereocenters. The van der Waals surface area contributed by atoms with E-state index < -0.39 is 11.8 Å². The molecule has 0 saturated heterocycles. The van der Waals surface area contributed by atoms with Gasteiger partial charge < -0.3 is 10.4 Å². The molecule has 0 saturated carbocycles. The molecule has 3 aromatic carbocycles. The predicted molar refractivity (Wildman–Crippen MR) is 118 cm³/mol. The van der Waals surface area contributed by atoms with Crippen LogP contribution in [0.3, 0.4) is 0 Å². The molecule has 2 N–H and O–H groups in total. The Balaban J connectivity index is 1.57. The van der Waals surface area contributed by atoms with Gasteiger partial charge in [-0.3, -0.25) is 0 Å². The van der Waals surface area contributed by atoms with E-state index in [1.807, 2.05) is 24.3 Å². The van der Waals surface area contributed by atoms with Gasteiger partial charge in [-0.2, -0.15) is 0 Å². The van der Waals surface area contributed by atoms with Gasteiger partial charge in [-0.25, -0.2) is 9.18 Å². The highest BCUT2D eigenvalue weighted by molar-refractivity contribution is 5.88. The van der Waals surface area contributed by atoms with Crippen molar-refractivity contribution >= 4 is 11.7 Å². The number of hydrogen-bond acceptors (Lipinski definition) is 2. The fourth-order valence-corrected chi connectivity index (χ4v) is 2.99.